The molecule has 0 spiro atoms. The normalized spacial score (nSPS) is 20.9. The number of nitrogens with zero attached hydrogens (tertiary/aromatic N) is 1. The molecule has 0 aromatic heterocycles. The molecule has 0 aromatic rings. The van der Waals surface area contributed by atoms with E-state index in [1.165, 1.54) is 0 Å². The van der Waals surface area contributed by atoms with Crippen molar-refractivity contribution in [1.29, 1.82) is 0 Å². The third-order valence-electron chi connectivity index (χ3n) is 2.88. The Bertz CT molecular complexity index is 533. The van der Waals surface area contributed by atoms with Gasteiger partial charge in [-0.15, -0.1) is 0 Å². The molecule has 0 amide bonds. The Balaban J connectivity index is 3.21. The lowest BCUT2D eigenvalue weighted by Gasteiger charge is -2.35. The molecule has 1 rings (SSSR count). The molecule has 22 heavy (non-hydrogen) atoms. The Labute approximate surface area is 124 Å². The summed E-state index contributed by atoms with van der Waals surface area (Å²) in [6.45, 7) is -1.07. The SMILES string of the molecule is O=S([O-])OC(F)(F)C(F)(F)C(F)(F)S(=O)(=O)N1CCCCC1. The number of halogens is 6. The van der Waals surface area contributed by atoms with Gasteiger partial charge in [0.1, 0.15) is 0 Å². The van der Waals surface area contributed by atoms with Gasteiger partial charge >= 0.3 is 17.3 Å². The number of piperidine rings is 1. The molecule has 0 N–H and O–H groups in total. The Hall–Kier alpha value is -0.440. The van der Waals surface area contributed by atoms with E-state index in [9.17, 15) is 43.5 Å². The Morgan fingerprint density at radius 3 is 1.86 bits per heavy atom. The zero-order chi connectivity index (χ0) is 17.4. The van der Waals surface area contributed by atoms with Crippen LogP contribution in [0.4, 0.5) is 26.3 Å². The van der Waals surface area contributed by atoms with Crippen LogP contribution in [0.5, 0.6) is 0 Å². The van der Waals surface area contributed by atoms with Crippen LogP contribution in [-0.2, 0) is 25.6 Å². The van der Waals surface area contributed by atoms with Crippen LogP contribution in [0.25, 0.3) is 0 Å². The highest BCUT2D eigenvalue weighted by atomic mass is 32.2. The van der Waals surface area contributed by atoms with E-state index in [0.717, 1.165) is 0 Å². The molecule has 0 saturated carbocycles. The first-order valence-electron chi connectivity index (χ1n) is 5.69. The van der Waals surface area contributed by atoms with E-state index in [0.29, 0.717) is 6.42 Å². The maximum atomic E-state index is 13.6. The van der Waals surface area contributed by atoms with Gasteiger partial charge < -0.3 is 4.55 Å². The van der Waals surface area contributed by atoms with Gasteiger partial charge in [0.25, 0.3) is 10.0 Å². The van der Waals surface area contributed by atoms with Crippen molar-refractivity contribution < 1.29 is 47.7 Å². The largest absolute Gasteiger partial charge is 0.750 e. The van der Waals surface area contributed by atoms with Gasteiger partial charge in [0.05, 0.1) is 11.4 Å². The van der Waals surface area contributed by atoms with E-state index in [-0.39, 0.29) is 17.1 Å². The van der Waals surface area contributed by atoms with Crippen LogP contribution in [0.3, 0.4) is 0 Å². The van der Waals surface area contributed by atoms with Crippen LogP contribution in [0.15, 0.2) is 0 Å². The van der Waals surface area contributed by atoms with E-state index < -0.39 is 51.8 Å². The van der Waals surface area contributed by atoms with Crippen molar-refractivity contribution in [3.63, 3.8) is 0 Å². The molecule has 14 heteroatoms. The van der Waals surface area contributed by atoms with Gasteiger partial charge in [-0.2, -0.15) is 30.6 Å². The molecule has 0 aromatic carbocycles. The summed E-state index contributed by atoms with van der Waals surface area (Å²) < 4.78 is 125. The third kappa shape index (κ3) is 3.25. The zero-order valence-electron chi connectivity index (χ0n) is 10.6. The predicted molar refractivity (Wildman–Crippen MR) is 59.2 cm³/mol. The number of sulfonamides is 1. The quantitative estimate of drug-likeness (QED) is 0.516. The molecule has 0 bridgehead atoms. The van der Waals surface area contributed by atoms with Crippen LogP contribution in [0.2, 0.25) is 0 Å². The number of hydrogen-bond acceptors (Lipinski definition) is 5. The van der Waals surface area contributed by atoms with Gasteiger partial charge in [-0.3, -0.25) is 0 Å². The van der Waals surface area contributed by atoms with E-state index in [1.807, 2.05) is 0 Å². The number of hydrogen-bond donors (Lipinski definition) is 0. The van der Waals surface area contributed by atoms with Crippen molar-refractivity contribution in [2.45, 2.75) is 36.5 Å². The molecule has 0 radical (unpaired) electrons. The lowest BCUT2D eigenvalue weighted by atomic mass is 10.2. The van der Waals surface area contributed by atoms with E-state index in [1.54, 1.807) is 0 Å². The molecule has 0 aliphatic carbocycles. The molecule has 1 unspecified atom stereocenters. The summed E-state index contributed by atoms with van der Waals surface area (Å²) in [5, 5.41) is -6.26. The summed E-state index contributed by atoms with van der Waals surface area (Å²) in [7, 11) is -6.15. The van der Waals surface area contributed by atoms with Crippen LogP contribution in [-0.4, -0.2) is 51.9 Å². The van der Waals surface area contributed by atoms with E-state index in [2.05, 4.69) is 4.18 Å². The van der Waals surface area contributed by atoms with Crippen molar-refractivity contribution >= 4 is 21.4 Å². The summed E-state index contributed by atoms with van der Waals surface area (Å²) in [6, 6.07) is 0. The van der Waals surface area contributed by atoms with Crippen LogP contribution < -0.4 is 0 Å². The molecular formula is C8H10F6NO5S2-. The van der Waals surface area contributed by atoms with Crippen LogP contribution in [0, 0.1) is 0 Å². The summed E-state index contributed by atoms with van der Waals surface area (Å²) >= 11 is -4.27. The Morgan fingerprint density at radius 1 is 1.00 bits per heavy atom. The van der Waals surface area contributed by atoms with E-state index in [4.69, 9.17) is 0 Å². The van der Waals surface area contributed by atoms with Gasteiger partial charge in [-0.05, 0) is 12.8 Å². The van der Waals surface area contributed by atoms with Gasteiger partial charge in [0.15, 0.2) is 0 Å². The fourth-order valence-corrected chi connectivity index (χ4v) is 3.52. The smallest absolute Gasteiger partial charge is 0.438 e. The monoisotopic (exact) mass is 378 g/mol. The topological polar surface area (TPSA) is 86.7 Å². The van der Waals surface area contributed by atoms with Crippen molar-refractivity contribution in [2.75, 3.05) is 13.1 Å². The molecule has 1 atom stereocenters. The molecule has 1 fully saturated rings. The molecule has 1 saturated heterocycles. The zero-order valence-corrected chi connectivity index (χ0v) is 12.2. The third-order valence-corrected chi connectivity index (χ3v) is 5.18. The summed E-state index contributed by atoms with van der Waals surface area (Å²) in [5.74, 6) is -6.60. The number of rotatable bonds is 6. The molecule has 1 aliphatic rings. The molecule has 132 valence electrons. The van der Waals surface area contributed by atoms with Crippen molar-refractivity contribution in [3.8, 4) is 0 Å². The summed E-state index contributed by atoms with van der Waals surface area (Å²) in [6.07, 6.45) is -5.59. The average Bonchev–Trinajstić information content (AvgIpc) is 2.37. The minimum Gasteiger partial charge on any atom is -0.750 e. The van der Waals surface area contributed by atoms with Gasteiger partial charge in [-0.1, -0.05) is 6.42 Å². The highest BCUT2D eigenvalue weighted by molar-refractivity contribution is 7.90. The first-order valence-corrected chi connectivity index (χ1v) is 8.13. The average molecular weight is 378 g/mol. The van der Waals surface area contributed by atoms with Crippen molar-refractivity contribution in [1.82, 2.24) is 4.31 Å². The highest BCUT2D eigenvalue weighted by Crippen LogP contribution is 2.50. The highest BCUT2D eigenvalue weighted by Gasteiger charge is 2.79. The fraction of sp³-hybridized carbons (Fsp3) is 1.00. The number of alkyl halides is 6. The molecular weight excluding hydrogens is 368 g/mol. The lowest BCUT2D eigenvalue weighted by molar-refractivity contribution is -0.351. The standard InChI is InChI=1S/C8H11F6NO5S2/c9-6(10,7(11,12)20-21(16)17)8(13,14)22(18,19)15-4-2-1-3-5-15/h1-5H2,(H,16,17)/p-1. The van der Waals surface area contributed by atoms with Crippen molar-refractivity contribution in [2.24, 2.45) is 0 Å². The maximum Gasteiger partial charge on any atom is 0.438 e. The van der Waals surface area contributed by atoms with Crippen molar-refractivity contribution in [3.05, 3.63) is 0 Å². The lowest BCUT2D eigenvalue weighted by Crippen LogP contribution is -2.62. The minimum atomic E-state index is -6.60. The van der Waals surface area contributed by atoms with Gasteiger partial charge in [0.2, 0.25) is 0 Å². The van der Waals surface area contributed by atoms with Crippen LogP contribution in [0.1, 0.15) is 19.3 Å². The Kier molecular flexibility index (Phi) is 5.54. The van der Waals surface area contributed by atoms with E-state index >= 15 is 0 Å². The first kappa shape index (κ1) is 19.6. The molecule has 1 aliphatic heterocycles. The second kappa shape index (κ2) is 6.22. The predicted octanol–water partition coefficient (Wildman–Crippen LogP) is 1.43. The first-order chi connectivity index (χ1) is 9.77. The molecule has 6 nitrogen and oxygen atoms in total. The summed E-state index contributed by atoms with van der Waals surface area (Å²) in [4.78, 5) is 0. The minimum absolute atomic E-state index is 0.0331. The Morgan fingerprint density at radius 2 is 1.45 bits per heavy atom. The maximum absolute atomic E-state index is 13.6. The van der Waals surface area contributed by atoms with Gasteiger partial charge in [0, 0.05) is 13.1 Å². The second-order valence-electron chi connectivity index (χ2n) is 4.36. The fourth-order valence-electron chi connectivity index (χ4n) is 1.74. The second-order valence-corrected chi connectivity index (χ2v) is 6.91. The summed E-state index contributed by atoms with van der Waals surface area (Å²) in [5.41, 5.74) is 0. The van der Waals surface area contributed by atoms with Gasteiger partial charge in [-0.25, -0.2) is 16.8 Å². The van der Waals surface area contributed by atoms with Crippen LogP contribution >= 0.6 is 0 Å². The molecule has 1 heterocycles.